The Hall–Kier alpha value is -5.26. The molecule has 1 saturated carbocycles. The Morgan fingerprint density at radius 2 is 1.64 bits per heavy atom. The van der Waals surface area contributed by atoms with Gasteiger partial charge in [0, 0.05) is 19.0 Å². The minimum atomic E-state index is -1.06. The van der Waals surface area contributed by atoms with Crippen molar-refractivity contribution in [3.8, 4) is 5.75 Å². The number of carbonyl (C=O) groups is 5. The van der Waals surface area contributed by atoms with E-state index in [9.17, 15) is 24.0 Å². The molecule has 3 aromatic rings. The first-order valence-corrected chi connectivity index (χ1v) is 14.9. The fourth-order valence-corrected chi connectivity index (χ4v) is 4.99. The third-order valence-corrected chi connectivity index (χ3v) is 7.75. The van der Waals surface area contributed by atoms with E-state index in [1.807, 2.05) is 30.3 Å². The maximum atomic E-state index is 13.5. The van der Waals surface area contributed by atoms with Crippen LogP contribution in [0.15, 0.2) is 79.0 Å². The standard InChI is InChI=1S/C33H36N6O6/c1-21-28(40)37-27(19-22-7-3-2-4-8-22)31(43)39-33(14-15-33)32(44)35-17-18-45-24-12-10-23(11-13-24)20-26(30(42)36-21)38-29(41)25-9-5-6-16-34-25/h2-13,16,21,26-27H,14-15,17-20H2,1H3,(H,35,44)(H,36,42)(H,37,40)(H,38,41)(H,39,43)/t21-,26-,27+/m0/s1. The predicted molar refractivity (Wildman–Crippen MR) is 164 cm³/mol. The first kappa shape index (κ1) is 31.2. The number of fused-ring (bicyclic) bond motifs is 15. The molecule has 3 heterocycles. The second kappa shape index (κ2) is 14.0. The van der Waals surface area contributed by atoms with Gasteiger partial charge in [-0.1, -0.05) is 48.5 Å². The number of pyridine rings is 1. The van der Waals surface area contributed by atoms with Crippen molar-refractivity contribution < 1.29 is 28.7 Å². The maximum Gasteiger partial charge on any atom is 0.270 e. The van der Waals surface area contributed by atoms with E-state index in [0.717, 1.165) is 11.1 Å². The van der Waals surface area contributed by atoms with Crippen LogP contribution in [0.1, 0.15) is 41.4 Å². The summed E-state index contributed by atoms with van der Waals surface area (Å²) in [7, 11) is 0. The summed E-state index contributed by atoms with van der Waals surface area (Å²) >= 11 is 0. The van der Waals surface area contributed by atoms with Crippen LogP contribution >= 0.6 is 0 Å². The van der Waals surface area contributed by atoms with Crippen LogP contribution < -0.4 is 31.3 Å². The third kappa shape index (κ3) is 8.22. The lowest BCUT2D eigenvalue weighted by Gasteiger charge is -2.25. The number of nitrogens with zero attached hydrogens (tertiary/aromatic N) is 1. The van der Waals surface area contributed by atoms with Crippen molar-refractivity contribution in [2.75, 3.05) is 13.2 Å². The molecule has 0 saturated heterocycles. The minimum Gasteiger partial charge on any atom is -0.492 e. The van der Waals surface area contributed by atoms with Crippen LogP contribution in [-0.2, 0) is 32.0 Å². The van der Waals surface area contributed by atoms with E-state index < -0.39 is 47.3 Å². The molecule has 6 rings (SSSR count). The highest BCUT2D eigenvalue weighted by Crippen LogP contribution is 2.35. The number of ether oxygens (including phenoxy) is 1. The van der Waals surface area contributed by atoms with E-state index in [4.69, 9.17) is 4.74 Å². The van der Waals surface area contributed by atoms with Crippen LogP contribution in [-0.4, -0.2) is 71.3 Å². The van der Waals surface area contributed by atoms with E-state index in [2.05, 4.69) is 31.6 Å². The molecule has 5 N–H and O–H groups in total. The largest absolute Gasteiger partial charge is 0.492 e. The van der Waals surface area contributed by atoms with E-state index in [-0.39, 0.29) is 37.6 Å². The Labute approximate surface area is 260 Å². The van der Waals surface area contributed by atoms with Crippen LogP contribution in [0, 0.1) is 0 Å². The lowest BCUT2D eigenvalue weighted by Crippen LogP contribution is -2.59. The Morgan fingerprint density at radius 3 is 2.33 bits per heavy atom. The Morgan fingerprint density at radius 1 is 0.911 bits per heavy atom. The number of hydrogen-bond donors (Lipinski definition) is 5. The summed E-state index contributed by atoms with van der Waals surface area (Å²) < 4.78 is 5.77. The van der Waals surface area contributed by atoms with E-state index >= 15 is 0 Å². The van der Waals surface area contributed by atoms with Gasteiger partial charge in [-0.25, -0.2) is 0 Å². The summed E-state index contributed by atoms with van der Waals surface area (Å²) in [6.45, 7) is 1.92. The van der Waals surface area contributed by atoms with Gasteiger partial charge in [-0.3, -0.25) is 29.0 Å². The quantitative estimate of drug-likeness (QED) is 0.272. The minimum absolute atomic E-state index is 0.121. The lowest BCUT2D eigenvalue weighted by molar-refractivity contribution is -0.134. The van der Waals surface area contributed by atoms with Crippen molar-refractivity contribution >= 4 is 29.5 Å². The highest BCUT2D eigenvalue weighted by molar-refractivity contribution is 5.99. The second-order valence-corrected chi connectivity index (χ2v) is 11.2. The average Bonchev–Trinajstić information content (AvgIpc) is 3.84. The average molecular weight is 613 g/mol. The van der Waals surface area contributed by atoms with Gasteiger partial charge in [0.2, 0.25) is 23.6 Å². The number of rotatable bonds is 4. The van der Waals surface area contributed by atoms with Gasteiger partial charge >= 0.3 is 0 Å². The van der Waals surface area contributed by atoms with Crippen molar-refractivity contribution in [2.24, 2.45) is 0 Å². The Bertz CT molecular complexity index is 1530. The number of carbonyl (C=O) groups excluding carboxylic acids is 5. The molecule has 234 valence electrons. The summed E-state index contributed by atoms with van der Waals surface area (Å²) in [6.07, 6.45) is 2.71. The van der Waals surface area contributed by atoms with Gasteiger partial charge in [0.15, 0.2) is 0 Å². The second-order valence-electron chi connectivity index (χ2n) is 11.2. The monoisotopic (exact) mass is 612 g/mol. The maximum absolute atomic E-state index is 13.5. The fraction of sp³-hybridized carbons (Fsp3) is 0.333. The number of nitrogens with one attached hydrogen (secondary N) is 5. The van der Waals surface area contributed by atoms with Crippen LogP contribution in [0.25, 0.3) is 0 Å². The zero-order valence-corrected chi connectivity index (χ0v) is 24.9. The lowest BCUT2D eigenvalue weighted by atomic mass is 10.0. The molecule has 2 aromatic carbocycles. The zero-order chi connectivity index (χ0) is 31.8. The van der Waals surface area contributed by atoms with Gasteiger partial charge in [-0.15, -0.1) is 0 Å². The van der Waals surface area contributed by atoms with Crippen LogP contribution in [0.4, 0.5) is 0 Å². The summed E-state index contributed by atoms with van der Waals surface area (Å²) in [5, 5.41) is 13.8. The highest BCUT2D eigenvalue weighted by Gasteiger charge is 2.51. The van der Waals surface area contributed by atoms with Gasteiger partial charge in [0.1, 0.15) is 41.7 Å². The van der Waals surface area contributed by atoms with Crippen molar-refractivity contribution in [1.29, 1.82) is 0 Å². The Balaban J connectivity index is 1.39. The SMILES string of the molecule is C[C@@H]1NC(=O)[C@@H](NC(=O)c2ccccn2)Cc2ccc(cc2)OCCNC(=O)C2(CC2)NC(=O)[C@@H](Cc2ccccc2)NC1=O. The van der Waals surface area contributed by atoms with Crippen molar-refractivity contribution in [3.63, 3.8) is 0 Å². The van der Waals surface area contributed by atoms with Gasteiger partial charge in [-0.2, -0.15) is 0 Å². The highest BCUT2D eigenvalue weighted by atomic mass is 16.5. The van der Waals surface area contributed by atoms with Crippen LogP contribution in [0.5, 0.6) is 5.75 Å². The molecule has 45 heavy (non-hydrogen) atoms. The fourth-order valence-electron chi connectivity index (χ4n) is 4.99. The first-order chi connectivity index (χ1) is 21.7. The molecule has 5 amide bonds. The predicted octanol–water partition coefficient (Wildman–Crippen LogP) is 0.812. The van der Waals surface area contributed by atoms with Crippen LogP contribution in [0.3, 0.4) is 0 Å². The topological polar surface area (TPSA) is 168 Å². The van der Waals surface area contributed by atoms with E-state index in [1.54, 1.807) is 36.4 Å². The molecule has 3 aliphatic rings. The molecule has 1 spiro atoms. The smallest absolute Gasteiger partial charge is 0.270 e. The molecule has 1 aromatic heterocycles. The molecule has 3 atom stereocenters. The molecule has 1 fully saturated rings. The van der Waals surface area contributed by atoms with Crippen molar-refractivity contribution in [3.05, 3.63) is 95.8 Å². The molecule has 12 nitrogen and oxygen atoms in total. The summed E-state index contributed by atoms with van der Waals surface area (Å²) in [4.78, 5) is 70.4. The molecule has 0 unspecified atom stereocenters. The van der Waals surface area contributed by atoms with Gasteiger partial charge in [-0.05, 0) is 55.2 Å². The molecular weight excluding hydrogens is 576 g/mol. The van der Waals surface area contributed by atoms with Gasteiger partial charge < -0.3 is 31.3 Å². The van der Waals surface area contributed by atoms with E-state index in [1.165, 1.54) is 19.2 Å². The first-order valence-electron chi connectivity index (χ1n) is 14.9. The van der Waals surface area contributed by atoms with Gasteiger partial charge in [0.25, 0.3) is 5.91 Å². The molecule has 12 heteroatoms. The van der Waals surface area contributed by atoms with Crippen LogP contribution in [0.2, 0.25) is 0 Å². The normalized spacial score (nSPS) is 22.2. The molecule has 0 radical (unpaired) electrons. The number of benzene rings is 2. The third-order valence-electron chi connectivity index (χ3n) is 7.75. The van der Waals surface area contributed by atoms with E-state index in [0.29, 0.717) is 18.6 Å². The van der Waals surface area contributed by atoms with Gasteiger partial charge in [0.05, 0.1) is 6.54 Å². The number of hydrogen-bond acceptors (Lipinski definition) is 7. The summed E-state index contributed by atoms with van der Waals surface area (Å²) in [5.41, 5.74) is 0.622. The molecule has 2 aliphatic heterocycles. The summed E-state index contributed by atoms with van der Waals surface area (Å²) in [6, 6.07) is 18.0. The number of amides is 5. The number of aromatic nitrogens is 1. The molecule has 1 aliphatic carbocycles. The molecule has 2 bridgehead atoms. The Kier molecular flexibility index (Phi) is 9.71. The molecular formula is C33H36N6O6. The van der Waals surface area contributed by atoms with Crippen molar-refractivity contribution in [1.82, 2.24) is 31.6 Å². The van der Waals surface area contributed by atoms with Crippen molar-refractivity contribution in [2.45, 2.75) is 56.3 Å². The zero-order valence-electron chi connectivity index (χ0n) is 24.9. The summed E-state index contributed by atoms with van der Waals surface area (Å²) in [5.74, 6) is -1.99.